The molecule has 0 aromatic carbocycles. The Balaban J connectivity index is 2.72. The molecule has 0 radical (unpaired) electrons. The third-order valence-corrected chi connectivity index (χ3v) is 1.83. The topological polar surface area (TPSA) is 133 Å². The van der Waals surface area contributed by atoms with Crippen molar-refractivity contribution in [1.29, 1.82) is 0 Å². The molecular weight excluding hydrogens is 230 g/mol. The second-order valence-electron chi connectivity index (χ2n) is 2.97. The van der Waals surface area contributed by atoms with Crippen molar-refractivity contribution >= 4 is 23.4 Å². The molecule has 1 rings (SSSR count). The van der Waals surface area contributed by atoms with Gasteiger partial charge in [-0.25, -0.2) is 4.98 Å². The normalized spacial score (nSPS) is 9.71. The van der Waals surface area contributed by atoms with Gasteiger partial charge in [-0.05, 0) is 0 Å². The maximum atomic E-state index is 10.8. The van der Waals surface area contributed by atoms with Gasteiger partial charge in [0.15, 0.2) is 0 Å². The second kappa shape index (κ2) is 5.58. The maximum absolute atomic E-state index is 10.8. The summed E-state index contributed by atoms with van der Waals surface area (Å²) in [6, 6.07) is 0. The summed E-state index contributed by atoms with van der Waals surface area (Å²) in [4.78, 5) is 28.0. The highest BCUT2D eigenvalue weighted by molar-refractivity contribution is 5.70. The number of nitrogens with one attached hydrogen (secondary N) is 1. The van der Waals surface area contributed by atoms with E-state index in [1.54, 1.807) is 0 Å². The predicted octanol–water partition coefficient (Wildman–Crippen LogP) is -0.0580. The molecule has 17 heavy (non-hydrogen) atoms. The van der Waals surface area contributed by atoms with E-state index in [9.17, 15) is 14.9 Å². The van der Waals surface area contributed by atoms with Crippen LogP contribution in [0.15, 0.2) is 6.20 Å². The second-order valence-corrected chi connectivity index (χ2v) is 2.97. The minimum absolute atomic E-state index is 0.0218. The molecule has 1 aromatic heterocycles. The van der Waals surface area contributed by atoms with Crippen LogP contribution in [0.25, 0.3) is 0 Å². The summed E-state index contributed by atoms with van der Waals surface area (Å²) < 4.78 is 4.42. The minimum Gasteiger partial charge on any atom is -0.469 e. The van der Waals surface area contributed by atoms with Gasteiger partial charge in [-0.15, -0.1) is 0 Å². The Bertz CT molecular complexity index is 436. The van der Waals surface area contributed by atoms with Gasteiger partial charge in [0.25, 0.3) is 0 Å². The first-order valence-corrected chi connectivity index (χ1v) is 4.62. The highest BCUT2D eigenvalue weighted by atomic mass is 16.6. The number of nitrogen functional groups attached to an aromatic ring is 1. The fraction of sp³-hybridized carbons (Fsp3) is 0.375. The van der Waals surface area contributed by atoms with E-state index in [2.05, 4.69) is 20.0 Å². The summed E-state index contributed by atoms with van der Waals surface area (Å²) in [7, 11) is 1.26. The molecule has 0 aliphatic rings. The van der Waals surface area contributed by atoms with E-state index >= 15 is 0 Å². The first-order chi connectivity index (χ1) is 8.04. The van der Waals surface area contributed by atoms with Crippen molar-refractivity contribution < 1.29 is 14.5 Å². The number of carbonyl (C=O) groups is 1. The van der Waals surface area contributed by atoms with Gasteiger partial charge in [-0.3, -0.25) is 14.9 Å². The van der Waals surface area contributed by atoms with Crippen molar-refractivity contribution in [3.63, 3.8) is 0 Å². The van der Waals surface area contributed by atoms with Gasteiger partial charge in [0, 0.05) is 6.54 Å². The molecule has 0 saturated carbocycles. The Labute approximate surface area is 96.1 Å². The van der Waals surface area contributed by atoms with Crippen molar-refractivity contribution in [2.45, 2.75) is 6.42 Å². The molecular formula is C8H11N5O4. The molecule has 9 nitrogen and oxygen atoms in total. The van der Waals surface area contributed by atoms with Crippen molar-refractivity contribution in [2.75, 3.05) is 24.7 Å². The van der Waals surface area contributed by atoms with Crippen molar-refractivity contribution in [3.05, 3.63) is 16.3 Å². The fourth-order valence-corrected chi connectivity index (χ4v) is 1.04. The number of nitrogens with two attached hydrogens (primary N) is 1. The van der Waals surface area contributed by atoms with E-state index in [1.807, 2.05) is 0 Å². The van der Waals surface area contributed by atoms with Gasteiger partial charge in [0.1, 0.15) is 6.20 Å². The van der Waals surface area contributed by atoms with Crippen LogP contribution in [0.4, 0.5) is 17.5 Å². The summed E-state index contributed by atoms with van der Waals surface area (Å²) in [6.45, 7) is 0.157. The number of nitrogens with zero attached hydrogens (tertiary/aromatic N) is 3. The number of ether oxygens (including phenoxy) is 1. The van der Waals surface area contributed by atoms with Gasteiger partial charge in [-0.2, -0.15) is 4.98 Å². The standard InChI is InChI=1S/C8H11N5O4/c1-17-6(14)2-3-10-7-5(13(15)16)4-11-8(9)12-7/h4H,2-3H2,1H3,(H3,9,10,11,12). The number of anilines is 2. The van der Waals surface area contributed by atoms with Crippen LogP contribution in [0.5, 0.6) is 0 Å². The molecule has 0 saturated heterocycles. The zero-order valence-corrected chi connectivity index (χ0v) is 9.04. The van der Waals surface area contributed by atoms with Crippen LogP contribution >= 0.6 is 0 Å². The Kier molecular flexibility index (Phi) is 4.14. The zero-order chi connectivity index (χ0) is 12.8. The zero-order valence-electron chi connectivity index (χ0n) is 9.04. The van der Waals surface area contributed by atoms with Crippen LogP contribution in [0.1, 0.15) is 6.42 Å². The molecule has 9 heteroatoms. The average Bonchev–Trinajstić information content (AvgIpc) is 2.28. The van der Waals surface area contributed by atoms with E-state index in [-0.39, 0.29) is 30.4 Å². The van der Waals surface area contributed by atoms with E-state index in [1.165, 1.54) is 7.11 Å². The Morgan fingerprint density at radius 2 is 2.41 bits per heavy atom. The molecule has 1 heterocycles. The minimum atomic E-state index is -0.639. The van der Waals surface area contributed by atoms with Crippen LogP contribution in [-0.2, 0) is 9.53 Å². The molecule has 0 fully saturated rings. The number of hydrogen-bond donors (Lipinski definition) is 2. The number of esters is 1. The molecule has 0 aliphatic heterocycles. The molecule has 0 aliphatic carbocycles. The van der Waals surface area contributed by atoms with E-state index in [4.69, 9.17) is 5.73 Å². The van der Waals surface area contributed by atoms with Crippen LogP contribution in [-0.4, -0.2) is 34.5 Å². The number of rotatable bonds is 5. The third-order valence-electron chi connectivity index (χ3n) is 1.83. The van der Waals surface area contributed by atoms with Crippen LogP contribution < -0.4 is 11.1 Å². The maximum Gasteiger partial charge on any atom is 0.329 e. The van der Waals surface area contributed by atoms with Gasteiger partial charge in [0.2, 0.25) is 11.8 Å². The number of methoxy groups -OCH3 is 1. The Morgan fingerprint density at radius 1 is 1.71 bits per heavy atom. The summed E-state index contributed by atoms with van der Waals surface area (Å²) in [5.74, 6) is -0.537. The van der Waals surface area contributed by atoms with Gasteiger partial charge in [0.05, 0.1) is 18.5 Å². The van der Waals surface area contributed by atoms with Crippen LogP contribution in [0.2, 0.25) is 0 Å². The summed E-state index contributed by atoms with van der Waals surface area (Å²) in [6.07, 6.45) is 1.07. The van der Waals surface area contributed by atoms with Crippen molar-refractivity contribution in [2.24, 2.45) is 0 Å². The molecule has 92 valence electrons. The lowest BCUT2D eigenvalue weighted by Gasteiger charge is -2.05. The van der Waals surface area contributed by atoms with E-state index in [0.29, 0.717) is 0 Å². The SMILES string of the molecule is COC(=O)CCNc1nc(N)ncc1[N+](=O)[O-]. The van der Waals surface area contributed by atoms with Crippen molar-refractivity contribution in [1.82, 2.24) is 9.97 Å². The Hall–Kier alpha value is -2.45. The molecule has 0 atom stereocenters. The smallest absolute Gasteiger partial charge is 0.329 e. The third kappa shape index (κ3) is 3.55. The first kappa shape index (κ1) is 12.6. The average molecular weight is 241 g/mol. The van der Waals surface area contributed by atoms with E-state index < -0.39 is 10.9 Å². The lowest BCUT2D eigenvalue weighted by atomic mass is 10.4. The van der Waals surface area contributed by atoms with Gasteiger partial charge >= 0.3 is 11.7 Å². The lowest BCUT2D eigenvalue weighted by molar-refractivity contribution is -0.384. The number of aromatic nitrogens is 2. The summed E-state index contributed by atoms with van der Waals surface area (Å²) in [5.41, 5.74) is 5.01. The molecule has 3 N–H and O–H groups in total. The number of carbonyl (C=O) groups excluding carboxylic acids is 1. The van der Waals surface area contributed by atoms with Gasteiger partial charge < -0.3 is 15.8 Å². The molecule has 0 amide bonds. The van der Waals surface area contributed by atoms with E-state index in [0.717, 1.165) is 6.20 Å². The summed E-state index contributed by atoms with van der Waals surface area (Å²) in [5, 5.41) is 13.3. The highest BCUT2D eigenvalue weighted by Crippen LogP contribution is 2.20. The molecule has 0 spiro atoms. The molecule has 1 aromatic rings. The monoisotopic (exact) mass is 241 g/mol. The molecule has 0 bridgehead atoms. The number of nitro groups is 1. The largest absolute Gasteiger partial charge is 0.469 e. The Morgan fingerprint density at radius 3 is 3.00 bits per heavy atom. The van der Waals surface area contributed by atoms with Crippen molar-refractivity contribution in [3.8, 4) is 0 Å². The fourth-order valence-electron chi connectivity index (χ4n) is 1.04. The lowest BCUT2D eigenvalue weighted by Crippen LogP contribution is -2.12. The van der Waals surface area contributed by atoms with Crippen LogP contribution in [0, 0.1) is 10.1 Å². The predicted molar refractivity (Wildman–Crippen MR) is 58.2 cm³/mol. The van der Waals surface area contributed by atoms with Crippen LogP contribution in [0.3, 0.4) is 0 Å². The van der Waals surface area contributed by atoms with Gasteiger partial charge in [-0.1, -0.05) is 0 Å². The number of hydrogen-bond acceptors (Lipinski definition) is 8. The quantitative estimate of drug-likeness (QED) is 0.416. The first-order valence-electron chi connectivity index (χ1n) is 4.62. The molecule has 0 unspecified atom stereocenters. The highest BCUT2D eigenvalue weighted by Gasteiger charge is 2.16. The summed E-state index contributed by atoms with van der Waals surface area (Å²) >= 11 is 0.